The summed E-state index contributed by atoms with van der Waals surface area (Å²) in [5.41, 5.74) is 2.27. The van der Waals surface area contributed by atoms with Gasteiger partial charge in [0.2, 0.25) is 6.10 Å². The van der Waals surface area contributed by atoms with Crippen LogP contribution in [0.3, 0.4) is 0 Å². The molecular formula is C22H17N3O5. The van der Waals surface area contributed by atoms with Gasteiger partial charge in [0.1, 0.15) is 12.3 Å². The van der Waals surface area contributed by atoms with Gasteiger partial charge in [0.25, 0.3) is 0 Å². The maximum absolute atomic E-state index is 13.0. The van der Waals surface area contributed by atoms with E-state index in [-0.39, 0.29) is 6.61 Å². The third kappa shape index (κ3) is 3.32. The van der Waals surface area contributed by atoms with Crippen LogP contribution in [0, 0.1) is 0 Å². The van der Waals surface area contributed by atoms with E-state index in [0.717, 1.165) is 5.56 Å². The Morgan fingerprint density at radius 3 is 2.80 bits per heavy atom. The summed E-state index contributed by atoms with van der Waals surface area (Å²) in [7, 11) is 0. The second-order valence-corrected chi connectivity index (χ2v) is 6.89. The summed E-state index contributed by atoms with van der Waals surface area (Å²) < 4.78 is 17.4. The van der Waals surface area contributed by atoms with Crippen LogP contribution in [0.5, 0.6) is 0 Å². The first-order valence-corrected chi connectivity index (χ1v) is 9.51. The highest BCUT2D eigenvalue weighted by Crippen LogP contribution is 2.27. The number of furan rings is 1. The topological polar surface area (TPSA) is 96.5 Å². The van der Waals surface area contributed by atoms with Crippen LogP contribution in [-0.4, -0.2) is 39.4 Å². The largest absolute Gasteiger partial charge is 0.467 e. The minimum Gasteiger partial charge on any atom is -0.467 e. The normalized spacial score (nSPS) is 16.0. The fourth-order valence-electron chi connectivity index (χ4n) is 3.42. The van der Waals surface area contributed by atoms with Crippen molar-refractivity contribution < 1.29 is 23.5 Å². The second-order valence-electron chi connectivity index (χ2n) is 6.89. The van der Waals surface area contributed by atoms with Gasteiger partial charge in [-0.2, -0.15) is 5.10 Å². The van der Waals surface area contributed by atoms with Crippen molar-refractivity contribution in [3.05, 3.63) is 72.3 Å². The van der Waals surface area contributed by atoms with E-state index in [1.807, 2.05) is 36.4 Å². The van der Waals surface area contributed by atoms with Crippen LogP contribution in [0.4, 0.5) is 0 Å². The minimum absolute atomic E-state index is 0.249. The molecule has 1 aliphatic heterocycles. The van der Waals surface area contributed by atoms with Crippen molar-refractivity contribution in [1.82, 2.24) is 14.8 Å². The molecule has 0 N–H and O–H groups in total. The quantitative estimate of drug-likeness (QED) is 0.472. The van der Waals surface area contributed by atoms with Gasteiger partial charge in [0.05, 0.1) is 35.7 Å². The first-order valence-electron chi connectivity index (χ1n) is 9.51. The van der Waals surface area contributed by atoms with E-state index in [2.05, 4.69) is 5.10 Å². The lowest BCUT2D eigenvalue weighted by molar-refractivity contribution is -0.145. The van der Waals surface area contributed by atoms with E-state index in [1.54, 1.807) is 29.3 Å². The molecule has 30 heavy (non-hydrogen) atoms. The molecule has 8 nitrogen and oxygen atoms in total. The Kier molecular flexibility index (Phi) is 4.51. The molecule has 8 heteroatoms. The number of pyridine rings is 1. The van der Waals surface area contributed by atoms with Gasteiger partial charge in [-0.25, -0.2) is 19.3 Å². The zero-order valence-electron chi connectivity index (χ0n) is 15.9. The first kappa shape index (κ1) is 18.1. The average molecular weight is 403 g/mol. The van der Waals surface area contributed by atoms with Crippen molar-refractivity contribution in [3.63, 3.8) is 0 Å². The molecule has 1 saturated heterocycles. The number of carbonyl (C=O) groups is 2. The predicted molar refractivity (Wildman–Crippen MR) is 106 cm³/mol. The molecule has 1 aromatic carbocycles. The van der Waals surface area contributed by atoms with Crippen LogP contribution < -0.4 is 0 Å². The summed E-state index contributed by atoms with van der Waals surface area (Å²) >= 11 is 0. The lowest BCUT2D eigenvalue weighted by atomic mass is 10.1. The molecule has 0 amide bonds. The second kappa shape index (κ2) is 7.47. The average Bonchev–Trinajstić information content (AvgIpc) is 3.51. The van der Waals surface area contributed by atoms with Crippen LogP contribution in [0.25, 0.3) is 22.3 Å². The number of nitrogens with zero attached hydrogens (tertiary/aromatic N) is 3. The number of cyclic esters (lactones) is 1. The molecule has 4 aromatic rings. The molecule has 4 heterocycles. The molecule has 1 aliphatic rings. The van der Waals surface area contributed by atoms with Crippen LogP contribution in [0.1, 0.15) is 22.5 Å². The Hall–Kier alpha value is -3.94. The van der Waals surface area contributed by atoms with Gasteiger partial charge in [-0.3, -0.25) is 0 Å². The number of rotatable bonds is 5. The summed E-state index contributed by atoms with van der Waals surface area (Å²) in [6, 6.07) is 14.8. The predicted octanol–water partition coefficient (Wildman–Crippen LogP) is 3.21. The molecule has 0 saturated carbocycles. The molecule has 0 spiro atoms. The number of fused-ring (bicyclic) bond motifs is 1. The van der Waals surface area contributed by atoms with Crippen LogP contribution in [-0.2, 0) is 20.8 Å². The standard InChI is InChI=1S/C22H17N3O5/c26-21(30-19-8-10-29-22(19)27)16-11-18(14-5-2-1-3-6-14)24-20-17(16)12-23-25(20)13-15-7-4-9-28-15/h1-7,9,11-12,19H,8,10,13H2/t19-/m0/s1. The summed E-state index contributed by atoms with van der Waals surface area (Å²) in [6.45, 7) is 0.615. The van der Waals surface area contributed by atoms with Crippen LogP contribution in [0.2, 0.25) is 0 Å². The third-order valence-corrected chi connectivity index (χ3v) is 4.92. The van der Waals surface area contributed by atoms with E-state index < -0.39 is 18.0 Å². The fraction of sp³-hybridized carbons (Fsp3) is 0.182. The van der Waals surface area contributed by atoms with Gasteiger partial charge in [0, 0.05) is 12.0 Å². The van der Waals surface area contributed by atoms with Gasteiger partial charge in [-0.05, 0) is 18.2 Å². The Morgan fingerprint density at radius 1 is 1.20 bits per heavy atom. The summed E-state index contributed by atoms with van der Waals surface area (Å²) in [5, 5.41) is 4.93. The maximum Gasteiger partial charge on any atom is 0.347 e. The molecule has 0 aliphatic carbocycles. The van der Waals surface area contributed by atoms with E-state index >= 15 is 0 Å². The number of hydrogen-bond donors (Lipinski definition) is 0. The Morgan fingerprint density at radius 2 is 2.07 bits per heavy atom. The van der Waals surface area contributed by atoms with Crippen LogP contribution in [0.15, 0.2) is 65.4 Å². The Labute approximate surface area is 171 Å². The third-order valence-electron chi connectivity index (χ3n) is 4.92. The lowest BCUT2D eigenvalue weighted by Crippen LogP contribution is -2.23. The monoisotopic (exact) mass is 403 g/mol. The van der Waals surface area contributed by atoms with E-state index in [4.69, 9.17) is 18.9 Å². The summed E-state index contributed by atoms with van der Waals surface area (Å²) in [4.78, 5) is 29.4. The molecule has 150 valence electrons. The molecule has 5 rings (SSSR count). The molecule has 0 bridgehead atoms. The zero-order chi connectivity index (χ0) is 20.5. The van der Waals surface area contributed by atoms with Crippen molar-refractivity contribution >= 4 is 23.0 Å². The van der Waals surface area contributed by atoms with Crippen molar-refractivity contribution in [2.75, 3.05) is 6.61 Å². The number of esters is 2. The van der Waals surface area contributed by atoms with Gasteiger partial charge >= 0.3 is 11.9 Å². The number of benzene rings is 1. The Bertz CT molecular complexity index is 1210. The van der Waals surface area contributed by atoms with E-state index in [1.165, 1.54) is 0 Å². The smallest absolute Gasteiger partial charge is 0.347 e. The van der Waals surface area contributed by atoms with Gasteiger partial charge in [-0.1, -0.05) is 30.3 Å². The van der Waals surface area contributed by atoms with E-state index in [0.29, 0.717) is 41.0 Å². The highest BCUT2D eigenvalue weighted by Gasteiger charge is 2.31. The molecular weight excluding hydrogens is 386 g/mol. The molecule has 3 aromatic heterocycles. The van der Waals surface area contributed by atoms with Gasteiger partial charge in [-0.15, -0.1) is 0 Å². The van der Waals surface area contributed by atoms with Crippen LogP contribution >= 0.6 is 0 Å². The SMILES string of the molecule is O=C(O[C@H]1CCOC1=O)c1cc(-c2ccccc2)nc2c1cnn2Cc1ccco1. The maximum atomic E-state index is 13.0. The number of hydrogen-bond acceptors (Lipinski definition) is 7. The van der Waals surface area contributed by atoms with Gasteiger partial charge < -0.3 is 13.9 Å². The number of aromatic nitrogens is 3. The number of carbonyl (C=O) groups excluding carboxylic acids is 2. The fourth-order valence-corrected chi connectivity index (χ4v) is 3.42. The molecule has 0 unspecified atom stereocenters. The molecule has 0 radical (unpaired) electrons. The Balaban J connectivity index is 1.60. The highest BCUT2D eigenvalue weighted by atomic mass is 16.6. The summed E-state index contributed by atoms with van der Waals surface area (Å²) in [6.07, 6.45) is 2.62. The molecule has 1 atom stereocenters. The van der Waals surface area contributed by atoms with Crippen molar-refractivity contribution in [3.8, 4) is 11.3 Å². The zero-order valence-corrected chi connectivity index (χ0v) is 15.9. The minimum atomic E-state index is -0.890. The van der Waals surface area contributed by atoms with Crippen molar-refractivity contribution in [2.24, 2.45) is 0 Å². The van der Waals surface area contributed by atoms with Gasteiger partial charge in [0.15, 0.2) is 5.65 Å². The highest BCUT2D eigenvalue weighted by molar-refractivity contribution is 6.04. The number of ether oxygens (including phenoxy) is 2. The lowest BCUT2D eigenvalue weighted by Gasteiger charge is -2.11. The van der Waals surface area contributed by atoms with E-state index in [9.17, 15) is 9.59 Å². The summed E-state index contributed by atoms with van der Waals surface area (Å²) in [5.74, 6) is -0.420. The van der Waals surface area contributed by atoms with Crippen molar-refractivity contribution in [1.29, 1.82) is 0 Å². The first-order chi connectivity index (χ1) is 14.7. The van der Waals surface area contributed by atoms with Crippen molar-refractivity contribution in [2.45, 2.75) is 19.1 Å². The molecule has 1 fully saturated rings.